The summed E-state index contributed by atoms with van der Waals surface area (Å²) in [6, 6.07) is 13.1. The Kier molecular flexibility index (Phi) is 3.39. The molecule has 2 rings (SSSR count). The molecule has 0 aliphatic rings. The van der Waals surface area contributed by atoms with Gasteiger partial charge in [-0.05, 0) is 37.1 Å². The average molecular weight is 258 g/mol. The quantitative estimate of drug-likeness (QED) is 0.794. The molecule has 0 aromatic heterocycles. The molecule has 0 heterocycles. The fourth-order valence-electron chi connectivity index (χ4n) is 2.54. The number of hydrogen-bond acceptors (Lipinski definition) is 2. The lowest BCUT2D eigenvalue weighted by Crippen LogP contribution is -2.60. The standard InChI is InChI=1S/C15H18O2Si/c1-11-9-12(2)15(13(3)10-11)18(16,17)14-7-5-4-6-8-14/h4-10,16-17H,1-3H3. The van der Waals surface area contributed by atoms with E-state index in [1.807, 2.05) is 51.1 Å². The number of hydrogen-bond donors (Lipinski definition) is 2. The Morgan fingerprint density at radius 2 is 1.33 bits per heavy atom. The molecule has 18 heavy (non-hydrogen) atoms. The van der Waals surface area contributed by atoms with Crippen molar-refractivity contribution in [2.24, 2.45) is 0 Å². The van der Waals surface area contributed by atoms with Crippen LogP contribution < -0.4 is 10.4 Å². The molecule has 2 nitrogen and oxygen atoms in total. The zero-order valence-corrected chi connectivity index (χ0v) is 11.9. The number of aryl methyl sites for hydroxylation is 3. The Morgan fingerprint density at radius 3 is 1.83 bits per heavy atom. The van der Waals surface area contributed by atoms with E-state index in [0.29, 0.717) is 10.4 Å². The summed E-state index contributed by atoms with van der Waals surface area (Å²) in [4.78, 5) is 21.2. The first-order valence-corrected chi connectivity index (χ1v) is 7.91. The minimum Gasteiger partial charge on any atom is -0.404 e. The van der Waals surface area contributed by atoms with Crippen LogP contribution in [0.2, 0.25) is 0 Å². The minimum absolute atomic E-state index is 0.625. The Labute approximate surface area is 109 Å². The van der Waals surface area contributed by atoms with Crippen molar-refractivity contribution in [1.29, 1.82) is 0 Å². The largest absolute Gasteiger partial charge is 0.404 e. The van der Waals surface area contributed by atoms with Crippen LogP contribution in [0.15, 0.2) is 42.5 Å². The predicted molar refractivity (Wildman–Crippen MR) is 76.6 cm³/mol. The summed E-state index contributed by atoms with van der Waals surface area (Å²) in [5, 5.41) is 1.33. The van der Waals surface area contributed by atoms with Crippen LogP contribution in [-0.2, 0) is 0 Å². The highest BCUT2D eigenvalue weighted by Crippen LogP contribution is 2.10. The molecule has 0 radical (unpaired) electrons. The van der Waals surface area contributed by atoms with Crippen LogP contribution in [0.3, 0.4) is 0 Å². The molecule has 0 aliphatic carbocycles. The lowest BCUT2D eigenvalue weighted by molar-refractivity contribution is 0.401. The van der Waals surface area contributed by atoms with Crippen LogP contribution in [0.1, 0.15) is 16.7 Å². The molecule has 0 unspecified atom stereocenters. The van der Waals surface area contributed by atoms with E-state index in [9.17, 15) is 9.59 Å². The van der Waals surface area contributed by atoms with E-state index in [4.69, 9.17) is 0 Å². The summed E-state index contributed by atoms with van der Waals surface area (Å²) in [7, 11) is -3.57. The van der Waals surface area contributed by atoms with Gasteiger partial charge in [-0.3, -0.25) is 0 Å². The van der Waals surface area contributed by atoms with Gasteiger partial charge in [-0.25, -0.2) is 0 Å². The van der Waals surface area contributed by atoms with Crippen LogP contribution in [-0.4, -0.2) is 18.2 Å². The van der Waals surface area contributed by atoms with Gasteiger partial charge in [-0.2, -0.15) is 0 Å². The van der Waals surface area contributed by atoms with Crippen molar-refractivity contribution in [2.75, 3.05) is 0 Å². The molecule has 2 aromatic rings. The van der Waals surface area contributed by atoms with Crippen molar-refractivity contribution in [3.8, 4) is 0 Å². The molecule has 0 aliphatic heterocycles. The Morgan fingerprint density at radius 1 is 0.833 bits per heavy atom. The van der Waals surface area contributed by atoms with Crippen LogP contribution in [0.4, 0.5) is 0 Å². The van der Waals surface area contributed by atoms with Gasteiger partial charge >= 0.3 is 8.56 Å². The van der Waals surface area contributed by atoms with E-state index in [2.05, 4.69) is 0 Å². The highest BCUT2D eigenvalue weighted by atomic mass is 28.4. The van der Waals surface area contributed by atoms with Crippen LogP contribution >= 0.6 is 0 Å². The highest BCUT2D eigenvalue weighted by molar-refractivity contribution is 6.91. The molecule has 0 spiro atoms. The zero-order chi connectivity index (χ0) is 13.3. The fraction of sp³-hybridized carbons (Fsp3) is 0.200. The van der Waals surface area contributed by atoms with E-state index in [-0.39, 0.29) is 0 Å². The molecule has 0 atom stereocenters. The second-order valence-corrected chi connectivity index (χ2v) is 7.23. The van der Waals surface area contributed by atoms with Crippen molar-refractivity contribution in [2.45, 2.75) is 20.8 Å². The van der Waals surface area contributed by atoms with Crippen molar-refractivity contribution in [3.05, 3.63) is 59.2 Å². The van der Waals surface area contributed by atoms with Crippen molar-refractivity contribution in [1.82, 2.24) is 0 Å². The van der Waals surface area contributed by atoms with E-state index < -0.39 is 8.56 Å². The lowest BCUT2D eigenvalue weighted by Gasteiger charge is -2.23. The molecular weight excluding hydrogens is 240 g/mol. The van der Waals surface area contributed by atoms with Crippen LogP contribution in [0.5, 0.6) is 0 Å². The Hall–Kier alpha value is -1.42. The van der Waals surface area contributed by atoms with Crippen molar-refractivity contribution >= 4 is 18.9 Å². The van der Waals surface area contributed by atoms with E-state index in [1.165, 1.54) is 0 Å². The maximum Gasteiger partial charge on any atom is 0.402 e. The average Bonchev–Trinajstić information content (AvgIpc) is 2.28. The third kappa shape index (κ3) is 2.25. The number of rotatable bonds is 2. The second kappa shape index (κ2) is 4.69. The van der Waals surface area contributed by atoms with Gasteiger partial charge < -0.3 is 9.59 Å². The maximum atomic E-state index is 10.6. The summed E-state index contributed by atoms with van der Waals surface area (Å²) >= 11 is 0. The third-order valence-electron chi connectivity index (χ3n) is 3.20. The summed E-state index contributed by atoms with van der Waals surface area (Å²) in [6.07, 6.45) is 0. The molecule has 2 N–H and O–H groups in total. The van der Waals surface area contributed by atoms with Crippen LogP contribution in [0.25, 0.3) is 0 Å². The molecule has 0 saturated heterocycles. The summed E-state index contributed by atoms with van der Waals surface area (Å²) < 4.78 is 0. The molecule has 94 valence electrons. The van der Waals surface area contributed by atoms with Gasteiger partial charge in [0, 0.05) is 5.19 Å². The number of benzene rings is 2. The first-order chi connectivity index (χ1) is 8.43. The topological polar surface area (TPSA) is 40.5 Å². The molecule has 0 saturated carbocycles. The van der Waals surface area contributed by atoms with Gasteiger partial charge in [-0.1, -0.05) is 48.0 Å². The molecule has 0 fully saturated rings. The SMILES string of the molecule is Cc1cc(C)c([Si](O)(O)c2ccccc2)c(C)c1. The maximum absolute atomic E-state index is 10.6. The fourth-order valence-corrected chi connectivity index (χ4v) is 4.73. The van der Waals surface area contributed by atoms with E-state index in [1.54, 1.807) is 12.1 Å². The van der Waals surface area contributed by atoms with Gasteiger partial charge in [0.05, 0.1) is 0 Å². The first kappa shape index (κ1) is 13.0. The summed E-state index contributed by atoms with van der Waals surface area (Å²) in [5.74, 6) is 0. The zero-order valence-electron chi connectivity index (χ0n) is 10.9. The lowest BCUT2D eigenvalue weighted by atomic mass is 10.1. The Balaban J connectivity index is 2.61. The third-order valence-corrected chi connectivity index (χ3v) is 5.83. The predicted octanol–water partition coefficient (Wildman–Crippen LogP) is 1.15. The molecule has 0 bridgehead atoms. The Bertz CT molecular complexity index is 539. The van der Waals surface area contributed by atoms with E-state index >= 15 is 0 Å². The van der Waals surface area contributed by atoms with E-state index in [0.717, 1.165) is 16.7 Å². The molecule has 2 aromatic carbocycles. The van der Waals surface area contributed by atoms with Crippen molar-refractivity contribution < 1.29 is 9.59 Å². The molecule has 3 heteroatoms. The monoisotopic (exact) mass is 258 g/mol. The van der Waals surface area contributed by atoms with Crippen LogP contribution in [0, 0.1) is 20.8 Å². The van der Waals surface area contributed by atoms with Gasteiger partial charge in [-0.15, -0.1) is 0 Å². The van der Waals surface area contributed by atoms with Gasteiger partial charge in [0.1, 0.15) is 0 Å². The van der Waals surface area contributed by atoms with Crippen molar-refractivity contribution in [3.63, 3.8) is 0 Å². The molecule has 0 amide bonds. The summed E-state index contributed by atoms with van der Waals surface area (Å²) in [5.41, 5.74) is 3.05. The van der Waals surface area contributed by atoms with Gasteiger partial charge in [0.2, 0.25) is 0 Å². The smallest absolute Gasteiger partial charge is 0.402 e. The minimum atomic E-state index is -3.57. The highest BCUT2D eigenvalue weighted by Gasteiger charge is 2.37. The van der Waals surface area contributed by atoms with Gasteiger partial charge in [0.25, 0.3) is 0 Å². The van der Waals surface area contributed by atoms with Gasteiger partial charge in [0.15, 0.2) is 0 Å². The first-order valence-electron chi connectivity index (χ1n) is 6.01. The second-order valence-electron chi connectivity index (χ2n) is 4.81. The summed E-state index contributed by atoms with van der Waals surface area (Å²) in [6.45, 7) is 5.89. The molecular formula is C15H18O2Si. The normalized spacial score (nSPS) is 11.6.